The second-order valence-electron chi connectivity index (χ2n) is 8.24. The van der Waals surface area contributed by atoms with E-state index in [9.17, 15) is 9.59 Å². The van der Waals surface area contributed by atoms with E-state index < -0.39 is 12.0 Å². The van der Waals surface area contributed by atoms with Gasteiger partial charge in [0.15, 0.2) is 0 Å². The van der Waals surface area contributed by atoms with Gasteiger partial charge in [-0.2, -0.15) is 0 Å². The highest BCUT2D eigenvalue weighted by Crippen LogP contribution is 2.33. The Labute approximate surface area is 174 Å². The van der Waals surface area contributed by atoms with Crippen LogP contribution in [0.4, 0.5) is 0 Å². The van der Waals surface area contributed by atoms with Crippen LogP contribution in [0.15, 0.2) is 24.3 Å². The van der Waals surface area contributed by atoms with Crippen molar-refractivity contribution in [2.45, 2.75) is 52.0 Å². The molecule has 0 bridgehead atoms. The number of ether oxygens (including phenoxy) is 2. The highest BCUT2D eigenvalue weighted by Gasteiger charge is 2.30. The van der Waals surface area contributed by atoms with E-state index in [4.69, 9.17) is 9.47 Å². The molecule has 1 aliphatic rings. The van der Waals surface area contributed by atoms with Crippen molar-refractivity contribution in [2.75, 3.05) is 27.3 Å². The van der Waals surface area contributed by atoms with Crippen LogP contribution in [-0.2, 0) is 20.7 Å². The van der Waals surface area contributed by atoms with Crippen LogP contribution < -0.4 is 15.4 Å². The van der Waals surface area contributed by atoms with Crippen LogP contribution in [0.3, 0.4) is 0 Å². The van der Waals surface area contributed by atoms with Crippen LogP contribution >= 0.6 is 0 Å². The fourth-order valence-electron chi connectivity index (χ4n) is 3.90. The Bertz CT molecular complexity index is 637. The number of rotatable bonds is 10. The fourth-order valence-corrected chi connectivity index (χ4v) is 3.90. The van der Waals surface area contributed by atoms with Gasteiger partial charge >= 0.3 is 5.97 Å². The molecule has 162 valence electrons. The lowest BCUT2D eigenvalue weighted by atomic mass is 9.76. The molecule has 0 unspecified atom stereocenters. The molecule has 1 fully saturated rings. The Kier molecular flexibility index (Phi) is 9.45. The van der Waals surface area contributed by atoms with Crippen LogP contribution in [0, 0.1) is 17.8 Å². The molecule has 2 rings (SSSR count). The maximum atomic E-state index is 12.8. The molecule has 0 aliphatic heterocycles. The lowest BCUT2D eigenvalue weighted by Gasteiger charge is -2.31. The van der Waals surface area contributed by atoms with Crippen molar-refractivity contribution in [1.82, 2.24) is 10.6 Å². The van der Waals surface area contributed by atoms with Gasteiger partial charge in [-0.05, 0) is 62.3 Å². The molecule has 1 aromatic rings. The van der Waals surface area contributed by atoms with Crippen LogP contribution in [0.5, 0.6) is 5.75 Å². The Morgan fingerprint density at radius 3 is 2.31 bits per heavy atom. The first-order chi connectivity index (χ1) is 13.9. The summed E-state index contributed by atoms with van der Waals surface area (Å²) in [6.45, 7) is 5.86. The van der Waals surface area contributed by atoms with E-state index in [1.165, 1.54) is 7.11 Å². The Balaban J connectivity index is 1.92. The summed E-state index contributed by atoms with van der Waals surface area (Å²) in [7, 11) is 3.23. The van der Waals surface area contributed by atoms with Gasteiger partial charge in [-0.1, -0.05) is 26.0 Å². The smallest absolute Gasteiger partial charge is 0.328 e. The van der Waals surface area contributed by atoms with Gasteiger partial charge in [-0.25, -0.2) is 4.79 Å². The molecule has 1 amide bonds. The van der Waals surface area contributed by atoms with E-state index in [2.05, 4.69) is 24.5 Å². The summed E-state index contributed by atoms with van der Waals surface area (Å²) in [6, 6.07) is 6.93. The lowest BCUT2D eigenvalue weighted by molar-refractivity contribution is -0.145. The average molecular weight is 405 g/mol. The van der Waals surface area contributed by atoms with E-state index in [0.717, 1.165) is 43.5 Å². The number of likely N-dealkylation sites (N-methyl/N-ethyl adjacent to an activating group) is 1. The third-order valence-electron chi connectivity index (χ3n) is 5.87. The van der Waals surface area contributed by atoms with E-state index in [1.54, 1.807) is 0 Å². The molecule has 6 nitrogen and oxygen atoms in total. The van der Waals surface area contributed by atoms with E-state index in [0.29, 0.717) is 24.9 Å². The van der Waals surface area contributed by atoms with Crippen molar-refractivity contribution < 1.29 is 19.1 Å². The summed E-state index contributed by atoms with van der Waals surface area (Å²) < 4.78 is 10.5. The second-order valence-corrected chi connectivity index (χ2v) is 8.24. The van der Waals surface area contributed by atoms with Gasteiger partial charge in [0.1, 0.15) is 18.4 Å². The largest absolute Gasteiger partial charge is 0.492 e. The standard InChI is InChI=1S/C23H36N2O4/c1-16(2)18-7-9-19(10-8-18)22(26)25-21(23(27)28-4)15-17-5-11-20(12-6-17)29-14-13-24-3/h5-6,11-12,16,18-19,21,24H,7-10,13-15H2,1-4H3,(H,25,26)/t18-,19-,21-/m0/s1. The van der Waals surface area contributed by atoms with Crippen molar-refractivity contribution in [3.63, 3.8) is 0 Å². The third kappa shape index (κ3) is 7.35. The molecule has 0 radical (unpaired) electrons. The van der Waals surface area contributed by atoms with Crippen molar-refractivity contribution in [2.24, 2.45) is 17.8 Å². The Morgan fingerprint density at radius 2 is 1.76 bits per heavy atom. The van der Waals surface area contributed by atoms with Gasteiger partial charge in [0.2, 0.25) is 5.91 Å². The Hall–Kier alpha value is -2.08. The topological polar surface area (TPSA) is 76.7 Å². The molecule has 29 heavy (non-hydrogen) atoms. The molecule has 0 spiro atoms. The van der Waals surface area contributed by atoms with E-state index in [-0.39, 0.29) is 11.8 Å². The zero-order chi connectivity index (χ0) is 21.2. The first kappa shape index (κ1) is 23.2. The normalized spacial score (nSPS) is 20.2. The molecule has 2 N–H and O–H groups in total. The summed E-state index contributed by atoms with van der Waals surface area (Å²) in [5.41, 5.74) is 0.949. The van der Waals surface area contributed by atoms with Gasteiger partial charge < -0.3 is 20.1 Å². The number of esters is 1. The number of nitrogens with one attached hydrogen (secondary N) is 2. The number of hydrogen-bond acceptors (Lipinski definition) is 5. The van der Waals surface area contributed by atoms with Crippen LogP contribution in [0.2, 0.25) is 0 Å². The maximum Gasteiger partial charge on any atom is 0.328 e. The predicted molar refractivity (Wildman–Crippen MR) is 114 cm³/mol. The van der Waals surface area contributed by atoms with Crippen LogP contribution in [0.1, 0.15) is 45.1 Å². The van der Waals surface area contributed by atoms with Crippen molar-refractivity contribution >= 4 is 11.9 Å². The number of carbonyl (C=O) groups is 2. The van der Waals surface area contributed by atoms with Crippen LogP contribution in [0.25, 0.3) is 0 Å². The van der Waals surface area contributed by atoms with Gasteiger partial charge in [0, 0.05) is 18.9 Å². The van der Waals surface area contributed by atoms with Crippen LogP contribution in [-0.4, -0.2) is 45.2 Å². The molecule has 1 aromatic carbocycles. The molecule has 0 heterocycles. The molecular weight excluding hydrogens is 368 g/mol. The Morgan fingerprint density at radius 1 is 1.10 bits per heavy atom. The SMILES string of the molecule is CNCCOc1ccc(C[C@H](NC(=O)[C@H]2CC[C@H](C(C)C)CC2)C(=O)OC)cc1. The minimum absolute atomic E-state index is 0.0138. The minimum Gasteiger partial charge on any atom is -0.492 e. The number of benzene rings is 1. The van der Waals surface area contributed by atoms with Gasteiger partial charge in [-0.15, -0.1) is 0 Å². The monoisotopic (exact) mass is 404 g/mol. The van der Waals surface area contributed by atoms with Crippen molar-refractivity contribution in [3.8, 4) is 5.75 Å². The fraction of sp³-hybridized carbons (Fsp3) is 0.652. The lowest BCUT2D eigenvalue weighted by Crippen LogP contribution is -2.46. The number of methoxy groups -OCH3 is 1. The third-order valence-corrected chi connectivity index (χ3v) is 5.87. The van der Waals surface area contributed by atoms with Gasteiger partial charge in [0.05, 0.1) is 7.11 Å². The summed E-state index contributed by atoms with van der Waals surface area (Å²) in [6.07, 6.45) is 4.33. The van der Waals surface area contributed by atoms with Crippen molar-refractivity contribution in [3.05, 3.63) is 29.8 Å². The first-order valence-electron chi connectivity index (χ1n) is 10.7. The molecule has 6 heteroatoms. The minimum atomic E-state index is -0.675. The highest BCUT2D eigenvalue weighted by molar-refractivity contribution is 5.86. The summed E-state index contributed by atoms with van der Waals surface area (Å²) >= 11 is 0. The molecule has 1 saturated carbocycles. The first-order valence-corrected chi connectivity index (χ1v) is 10.7. The quantitative estimate of drug-likeness (QED) is 0.463. The van der Waals surface area contributed by atoms with E-state index >= 15 is 0 Å². The zero-order valence-electron chi connectivity index (χ0n) is 18.2. The molecule has 0 saturated heterocycles. The van der Waals surface area contributed by atoms with Gasteiger partial charge in [0.25, 0.3) is 0 Å². The number of amides is 1. The zero-order valence-corrected chi connectivity index (χ0v) is 18.2. The second kappa shape index (κ2) is 11.8. The maximum absolute atomic E-state index is 12.8. The summed E-state index contributed by atoms with van der Waals surface area (Å²) in [5.74, 6) is 1.68. The molecule has 1 atom stereocenters. The molecule has 0 aromatic heterocycles. The highest BCUT2D eigenvalue weighted by atomic mass is 16.5. The van der Waals surface area contributed by atoms with E-state index in [1.807, 2.05) is 31.3 Å². The predicted octanol–water partition coefficient (Wildman–Crippen LogP) is 2.95. The number of hydrogen-bond donors (Lipinski definition) is 2. The molecule has 1 aliphatic carbocycles. The van der Waals surface area contributed by atoms with Gasteiger partial charge in [-0.3, -0.25) is 4.79 Å². The summed E-state index contributed by atoms with van der Waals surface area (Å²) in [5, 5.41) is 5.96. The number of carbonyl (C=O) groups excluding carboxylic acids is 2. The molecular formula is C23H36N2O4. The average Bonchev–Trinajstić information content (AvgIpc) is 2.74. The van der Waals surface area contributed by atoms with Crippen molar-refractivity contribution in [1.29, 1.82) is 0 Å². The summed E-state index contributed by atoms with van der Waals surface area (Å²) in [4.78, 5) is 25.0.